The maximum atomic E-state index is 5.45. The van der Waals surface area contributed by atoms with E-state index in [4.69, 9.17) is 4.74 Å². The summed E-state index contributed by atoms with van der Waals surface area (Å²) < 4.78 is 5.45. The van der Waals surface area contributed by atoms with E-state index in [0.29, 0.717) is 6.10 Å². The third-order valence-corrected chi connectivity index (χ3v) is 2.27. The summed E-state index contributed by atoms with van der Waals surface area (Å²) in [6, 6.07) is 0. The first-order chi connectivity index (χ1) is 7.79. The number of nitrogens with one attached hydrogen (secondary N) is 2. The van der Waals surface area contributed by atoms with E-state index in [9.17, 15) is 0 Å². The number of imidazole rings is 1. The number of aromatic amines is 1. The molecule has 2 N–H and O–H groups in total. The van der Waals surface area contributed by atoms with E-state index < -0.39 is 0 Å². The smallest absolute Gasteiger partial charge is 0.106 e. The van der Waals surface area contributed by atoms with Gasteiger partial charge in [0.1, 0.15) is 5.82 Å². The largest absolute Gasteiger partial charge is 0.379 e. The molecule has 4 heteroatoms. The van der Waals surface area contributed by atoms with Crippen molar-refractivity contribution in [2.24, 2.45) is 0 Å². The van der Waals surface area contributed by atoms with E-state index in [2.05, 4.69) is 29.1 Å². The molecule has 0 aliphatic carbocycles. The third kappa shape index (κ3) is 6.58. The Hall–Kier alpha value is -0.870. The molecular weight excluding hydrogens is 202 g/mol. The van der Waals surface area contributed by atoms with Crippen molar-refractivity contribution < 1.29 is 4.74 Å². The topological polar surface area (TPSA) is 49.9 Å². The van der Waals surface area contributed by atoms with Crippen LogP contribution in [0.1, 0.15) is 32.5 Å². The number of rotatable bonds is 9. The average Bonchev–Trinajstić information content (AvgIpc) is 2.74. The van der Waals surface area contributed by atoms with Crippen molar-refractivity contribution in [2.45, 2.75) is 39.2 Å². The second kappa shape index (κ2) is 8.30. The van der Waals surface area contributed by atoms with E-state index in [1.807, 2.05) is 6.20 Å². The highest BCUT2D eigenvalue weighted by molar-refractivity contribution is 4.86. The van der Waals surface area contributed by atoms with Gasteiger partial charge in [-0.15, -0.1) is 0 Å². The van der Waals surface area contributed by atoms with Crippen LogP contribution in [0.2, 0.25) is 0 Å². The number of ether oxygens (including phenoxy) is 1. The van der Waals surface area contributed by atoms with Gasteiger partial charge in [-0.3, -0.25) is 0 Å². The lowest BCUT2D eigenvalue weighted by Gasteiger charge is -2.07. The Labute approximate surface area is 97.8 Å². The predicted octanol–water partition coefficient (Wildman–Crippen LogP) is 1.75. The second-order valence-corrected chi connectivity index (χ2v) is 4.16. The fourth-order valence-corrected chi connectivity index (χ4v) is 1.46. The fraction of sp³-hybridized carbons (Fsp3) is 0.750. The monoisotopic (exact) mass is 225 g/mol. The normalized spacial score (nSPS) is 11.2. The van der Waals surface area contributed by atoms with Crippen molar-refractivity contribution in [2.75, 3.05) is 19.7 Å². The first-order valence-electron chi connectivity index (χ1n) is 6.09. The lowest BCUT2D eigenvalue weighted by Crippen LogP contribution is -2.19. The number of hydrogen-bond acceptors (Lipinski definition) is 3. The zero-order valence-corrected chi connectivity index (χ0v) is 10.3. The summed E-state index contributed by atoms with van der Waals surface area (Å²) in [7, 11) is 0. The average molecular weight is 225 g/mol. The van der Waals surface area contributed by atoms with Crippen molar-refractivity contribution in [3.8, 4) is 0 Å². The molecular formula is C12H23N3O. The van der Waals surface area contributed by atoms with Crippen molar-refractivity contribution in [1.82, 2.24) is 15.3 Å². The van der Waals surface area contributed by atoms with Gasteiger partial charge in [0.05, 0.1) is 6.10 Å². The molecule has 0 amide bonds. The molecule has 4 nitrogen and oxygen atoms in total. The second-order valence-electron chi connectivity index (χ2n) is 4.16. The Morgan fingerprint density at radius 3 is 2.88 bits per heavy atom. The van der Waals surface area contributed by atoms with Crippen molar-refractivity contribution in [3.05, 3.63) is 18.2 Å². The first kappa shape index (κ1) is 13.2. The number of aryl methyl sites for hydroxylation is 1. The van der Waals surface area contributed by atoms with Gasteiger partial charge < -0.3 is 15.0 Å². The molecule has 0 fully saturated rings. The van der Waals surface area contributed by atoms with E-state index in [1.54, 1.807) is 6.20 Å². The van der Waals surface area contributed by atoms with Crippen LogP contribution in [-0.2, 0) is 11.2 Å². The molecule has 0 unspecified atom stereocenters. The fourth-order valence-electron chi connectivity index (χ4n) is 1.46. The van der Waals surface area contributed by atoms with Crippen LogP contribution in [0.4, 0.5) is 0 Å². The summed E-state index contributed by atoms with van der Waals surface area (Å²) in [5.41, 5.74) is 0. The summed E-state index contributed by atoms with van der Waals surface area (Å²) in [5.74, 6) is 1.07. The third-order valence-electron chi connectivity index (χ3n) is 2.27. The van der Waals surface area contributed by atoms with Crippen LogP contribution >= 0.6 is 0 Å². The number of aromatic nitrogens is 2. The first-order valence-corrected chi connectivity index (χ1v) is 6.09. The van der Waals surface area contributed by atoms with Crippen LogP contribution in [0.3, 0.4) is 0 Å². The summed E-state index contributed by atoms with van der Waals surface area (Å²) >= 11 is 0. The Kier molecular flexibility index (Phi) is 6.85. The predicted molar refractivity (Wildman–Crippen MR) is 65.5 cm³/mol. The molecule has 0 atom stereocenters. The molecule has 0 radical (unpaired) electrons. The molecule has 0 aliphatic rings. The van der Waals surface area contributed by atoms with Gasteiger partial charge >= 0.3 is 0 Å². The SMILES string of the molecule is CC(C)OCCCNCCCc1ncc[nH]1. The molecule has 92 valence electrons. The zero-order chi connectivity index (χ0) is 11.6. The molecule has 0 aromatic carbocycles. The van der Waals surface area contributed by atoms with Gasteiger partial charge in [-0.05, 0) is 39.8 Å². The van der Waals surface area contributed by atoms with Gasteiger partial charge in [0.2, 0.25) is 0 Å². The molecule has 0 saturated carbocycles. The maximum absolute atomic E-state index is 5.45. The minimum Gasteiger partial charge on any atom is -0.379 e. The highest BCUT2D eigenvalue weighted by atomic mass is 16.5. The molecule has 1 heterocycles. The minimum atomic E-state index is 0.346. The van der Waals surface area contributed by atoms with Crippen LogP contribution in [0.15, 0.2) is 12.4 Å². The molecule has 0 spiro atoms. The van der Waals surface area contributed by atoms with Crippen molar-refractivity contribution >= 4 is 0 Å². The van der Waals surface area contributed by atoms with E-state index in [1.165, 1.54) is 0 Å². The van der Waals surface area contributed by atoms with Crippen LogP contribution in [-0.4, -0.2) is 35.8 Å². The summed E-state index contributed by atoms with van der Waals surface area (Å²) in [6.45, 7) is 7.06. The Morgan fingerprint density at radius 2 is 2.19 bits per heavy atom. The van der Waals surface area contributed by atoms with Crippen molar-refractivity contribution in [3.63, 3.8) is 0 Å². The zero-order valence-electron chi connectivity index (χ0n) is 10.3. The molecule has 1 rings (SSSR count). The Morgan fingerprint density at radius 1 is 1.38 bits per heavy atom. The lowest BCUT2D eigenvalue weighted by atomic mass is 10.3. The highest BCUT2D eigenvalue weighted by Gasteiger charge is 1.95. The van der Waals surface area contributed by atoms with Crippen LogP contribution in [0.25, 0.3) is 0 Å². The number of hydrogen-bond donors (Lipinski definition) is 2. The summed E-state index contributed by atoms with van der Waals surface area (Å²) in [5, 5.41) is 3.40. The molecule has 1 aromatic rings. The van der Waals surface area contributed by atoms with E-state index in [0.717, 1.165) is 44.8 Å². The van der Waals surface area contributed by atoms with Gasteiger partial charge in [0.15, 0.2) is 0 Å². The minimum absolute atomic E-state index is 0.346. The molecule has 1 aromatic heterocycles. The Bertz CT molecular complexity index is 247. The highest BCUT2D eigenvalue weighted by Crippen LogP contribution is 1.93. The van der Waals surface area contributed by atoms with Crippen LogP contribution in [0, 0.1) is 0 Å². The van der Waals surface area contributed by atoms with E-state index >= 15 is 0 Å². The van der Waals surface area contributed by atoms with Crippen LogP contribution < -0.4 is 5.32 Å². The molecule has 0 saturated heterocycles. The quantitative estimate of drug-likeness (QED) is 0.629. The van der Waals surface area contributed by atoms with E-state index in [-0.39, 0.29) is 0 Å². The number of H-pyrrole nitrogens is 1. The standard InChI is InChI=1S/C12H23N3O/c1-11(2)16-10-4-7-13-6-3-5-12-14-8-9-15-12/h8-9,11,13H,3-7,10H2,1-2H3,(H,14,15). The molecule has 16 heavy (non-hydrogen) atoms. The molecule has 0 aliphatic heterocycles. The molecule has 0 bridgehead atoms. The lowest BCUT2D eigenvalue weighted by molar-refractivity contribution is 0.0771. The van der Waals surface area contributed by atoms with Gasteiger partial charge in [-0.2, -0.15) is 0 Å². The summed E-state index contributed by atoms with van der Waals surface area (Å²) in [6.07, 6.45) is 7.23. The van der Waals surface area contributed by atoms with Gasteiger partial charge in [0.25, 0.3) is 0 Å². The van der Waals surface area contributed by atoms with Gasteiger partial charge in [-0.25, -0.2) is 4.98 Å². The van der Waals surface area contributed by atoms with Crippen molar-refractivity contribution in [1.29, 1.82) is 0 Å². The summed E-state index contributed by atoms with van der Waals surface area (Å²) in [4.78, 5) is 7.28. The van der Waals surface area contributed by atoms with Gasteiger partial charge in [0, 0.05) is 25.4 Å². The maximum Gasteiger partial charge on any atom is 0.106 e. The Balaban J connectivity index is 1.82. The van der Waals surface area contributed by atoms with Gasteiger partial charge in [-0.1, -0.05) is 0 Å². The van der Waals surface area contributed by atoms with Crippen LogP contribution in [0.5, 0.6) is 0 Å². The number of nitrogens with zero attached hydrogens (tertiary/aromatic N) is 1.